The van der Waals surface area contributed by atoms with Gasteiger partial charge in [-0.05, 0) is 47.1 Å². The van der Waals surface area contributed by atoms with Crippen LogP contribution in [0.2, 0.25) is 0 Å². The molecule has 0 aliphatic carbocycles. The third kappa shape index (κ3) is 3.11. The number of nitrogens with zero attached hydrogens (tertiary/aromatic N) is 2. The van der Waals surface area contributed by atoms with Crippen molar-refractivity contribution in [2.75, 3.05) is 6.54 Å². The molecule has 18 heavy (non-hydrogen) atoms. The highest BCUT2D eigenvalue weighted by Gasteiger charge is 2.25. The Bertz CT molecular complexity index is 408. The number of likely N-dealkylation sites (tertiary alicyclic amines) is 1. The van der Waals surface area contributed by atoms with Crippen LogP contribution in [0.25, 0.3) is 0 Å². The number of aromatic nitrogens is 1. The Kier molecular flexibility index (Phi) is 4.09. The molecule has 1 aliphatic heterocycles. The van der Waals surface area contributed by atoms with Gasteiger partial charge in [-0.2, -0.15) is 0 Å². The van der Waals surface area contributed by atoms with Gasteiger partial charge in [0.15, 0.2) is 0 Å². The second kappa shape index (κ2) is 5.27. The number of piperidine rings is 1. The number of hydrogen-bond acceptors (Lipinski definition) is 4. The van der Waals surface area contributed by atoms with Crippen LogP contribution in [0.15, 0.2) is 0 Å². The van der Waals surface area contributed by atoms with Crippen LogP contribution < -0.4 is 0 Å². The zero-order valence-electron chi connectivity index (χ0n) is 11.9. The average molecular weight is 268 g/mol. The lowest BCUT2D eigenvalue weighted by Crippen LogP contribution is -2.36. The summed E-state index contributed by atoms with van der Waals surface area (Å²) in [6, 6.07) is 0.661. The van der Waals surface area contributed by atoms with Crippen molar-refractivity contribution in [2.45, 2.75) is 65.1 Å². The number of thiazole rings is 1. The fourth-order valence-electron chi connectivity index (χ4n) is 2.65. The summed E-state index contributed by atoms with van der Waals surface area (Å²) >= 11 is 1.66. The van der Waals surface area contributed by atoms with Gasteiger partial charge in [-0.1, -0.05) is 6.42 Å². The molecule has 0 aromatic carbocycles. The minimum absolute atomic E-state index is 0.661. The van der Waals surface area contributed by atoms with Crippen molar-refractivity contribution in [2.24, 2.45) is 0 Å². The maximum atomic E-state index is 10.1. The SMILES string of the molecule is Cc1nc(CN2CCCCC2C)sc1C(C)(C)O. The Hall–Kier alpha value is -0.450. The molecular formula is C14H24N2OS. The van der Waals surface area contributed by atoms with Gasteiger partial charge in [0.1, 0.15) is 5.01 Å². The Morgan fingerprint density at radius 2 is 2.17 bits per heavy atom. The van der Waals surface area contributed by atoms with E-state index in [1.165, 1.54) is 25.8 Å². The summed E-state index contributed by atoms with van der Waals surface area (Å²) in [4.78, 5) is 8.13. The first-order valence-corrected chi connectivity index (χ1v) is 7.63. The minimum atomic E-state index is -0.770. The molecule has 0 bridgehead atoms. The summed E-state index contributed by atoms with van der Waals surface area (Å²) in [6.45, 7) is 10.1. The number of aliphatic hydroxyl groups is 1. The van der Waals surface area contributed by atoms with Gasteiger partial charge < -0.3 is 5.11 Å². The molecule has 2 heterocycles. The van der Waals surface area contributed by atoms with E-state index in [1.807, 2.05) is 20.8 Å². The van der Waals surface area contributed by atoms with Crippen LogP contribution >= 0.6 is 11.3 Å². The lowest BCUT2D eigenvalue weighted by atomic mass is 10.0. The van der Waals surface area contributed by atoms with Crippen molar-refractivity contribution in [3.8, 4) is 0 Å². The first-order valence-electron chi connectivity index (χ1n) is 6.81. The second-order valence-electron chi connectivity index (χ2n) is 5.90. The maximum Gasteiger partial charge on any atom is 0.107 e. The molecule has 1 aromatic heterocycles. The predicted molar refractivity (Wildman–Crippen MR) is 75.8 cm³/mol. The molecule has 1 unspecified atom stereocenters. The first kappa shape index (κ1) is 14.0. The van der Waals surface area contributed by atoms with Gasteiger partial charge in [-0.15, -0.1) is 11.3 Å². The van der Waals surface area contributed by atoms with Crippen LogP contribution in [0.5, 0.6) is 0 Å². The molecule has 1 fully saturated rings. The Labute approximate surface area is 114 Å². The van der Waals surface area contributed by atoms with Gasteiger partial charge in [0.2, 0.25) is 0 Å². The molecule has 1 aliphatic rings. The number of hydrogen-bond donors (Lipinski definition) is 1. The molecule has 1 atom stereocenters. The van der Waals surface area contributed by atoms with E-state index in [4.69, 9.17) is 0 Å². The highest BCUT2D eigenvalue weighted by atomic mass is 32.1. The summed E-state index contributed by atoms with van der Waals surface area (Å²) in [7, 11) is 0. The van der Waals surface area contributed by atoms with Crippen molar-refractivity contribution in [3.63, 3.8) is 0 Å². The topological polar surface area (TPSA) is 36.4 Å². The second-order valence-corrected chi connectivity index (χ2v) is 6.98. The van der Waals surface area contributed by atoms with Crippen LogP contribution in [0.4, 0.5) is 0 Å². The van der Waals surface area contributed by atoms with E-state index in [2.05, 4.69) is 16.8 Å². The number of rotatable bonds is 3. The molecule has 1 saturated heterocycles. The van der Waals surface area contributed by atoms with Crippen molar-refractivity contribution in [1.29, 1.82) is 0 Å². The molecule has 2 rings (SSSR count). The van der Waals surface area contributed by atoms with Gasteiger partial charge in [0.25, 0.3) is 0 Å². The molecule has 3 nitrogen and oxygen atoms in total. The Balaban J connectivity index is 2.10. The van der Waals surface area contributed by atoms with Crippen LogP contribution in [-0.4, -0.2) is 27.6 Å². The summed E-state index contributed by atoms with van der Waals surface area (Å²) in [5.41, 5.74) is 0.209. The Morgan fingerprint density at radius 3 is 2.72 bits per heavy atom. The number of aryl methyl sites for hydroxylation is 1. The molecule has 0 radical (unpaired) electrons. The lowest BCUT2D eigenvalue weighted by molar-refractivity contribution is 0.0817. The molecule has 1 aromatic rings. The van der Waals surface area contributed by atoms with Gasteiger partial charge in [-0.25, -0.2) is 4.98 Å². The Morgan fingerprint density at radius 1 is 1.44 bits per heavy atom. The third-order valence-electron chi connectivity index (χ3n) is 3.68. The monoisotopic (exact) mass is 268 g/mol. The van der Waals surface area contributed by atoms with E-state index >= 15 is 0 Å². The summed E-state index contributed by atoms with van der Waals surface area (Å²) in [5.74, 6) is 0. The van der Waals surface area contributed by atoms with E-state index in [0.29, 0.717) is 6.04 Å². The maximum absolute atomic E-state index is 10.1. The fraction of sp³-hybridized carbons (Fsp3) is 0.786. The van der Waals surface area contributed by atoms with E-state index in [1.54, 1.807) is 11.3 Å². The fourth-order valence-corrected chi connectivity index (χ4v) is 3.75. The minimum Gasteiger partial charge on any atom is -0.385 e. The first-order chi connectivity index (χ1) is 8.38. The average Bonchev–Trinajstić information content (AvgIpc) is 2.63. The zero-order chi connectivity index (χ0) is 13.3. The molecule has 0 saturated carbocycles. The summed E-state index contributed by atoms with van der Waals surface area (Å²) < 4.78 is 0. The van der Waals surface area contributed by atoms with Gasteiger partial charge in [-0.3, -0.25) is 4.90 Å². The van der Waals surface area contributed by atoms with Crippen LogP contribution in [0, 0.1) is 6.92 Å². The lowest BCUT2D eigenvalue weighted by Gasteiger charge is -2.32. The van der Waals surface area contributed by atoms with Gasteiger partial charge >= 0.3 is 0 Å². The van der Waals surface area contributed by atoms with Gasteiger partial charge in [0, 0.05) is 6.04 Å². The van der Waals surface area contributed by atoms with Crippen molar-refractivity contribution in [3.05, 3.63) is 15.6 Å². The molecule has 4 heteroatoms. The highest BCUT2D eigenvalue weighted by Crippen LogP contribution is 2.30. The van der Waals surface area contributed by atoms with Crippen LogP contribution in [0.1, 0.15) is 55.6 Å². The van der Waals surface area contributed by atoms with Crippen LogP contribution in [-0.2, 0) is 12.1 Å². The quantitative estimate of drug-likeness (QED) is 0.915. The standard InChI is InChI=1S/C14H24N2OS/c1-10-7-5-6-8-16(10)9-12-15-11(2)13(18-12)14(3,4)17/h10,17H,5-9H2,1-4H3. The van der Waals surface area contributed by atoms with Crippen molar-refractivity contribution in [1.82, 2.24) is 9.88 Å². The normalized spacial score (nSPS) is 22.4. The van der Waals surface area contributed by atoms with Crippen LogP contribution in [0.3, 0.4) is 0 Å². The molecule has 1 N–H and O–H groups in total. The predicted octanol–water partition coefficient (Wildman–Crippen LogP) is 3.05. The molecule has 0 spiro atoms. The smallest absolute Gasteiger partial charge is 0.107 e. The van der Waals surface area contributed by atoms with Crippen molar-refractivity contribution >= 4 is 11.3 Å². The van der Waals surface area contributed by atoms with E-state index in [0.717, 1.165) is 22.1 Å². The zero-order valence-corrected chi connectivity index (χ0v) is 12.7. The van der Waals surface area contributed by atoms with Gasteiger partial charge in [0.05, 0.1) is 22.7 Å². The molecular weight excluding hydrogens is 244 g/mol. The highest BCUT2D eigenvalue weighted by molar-refractivity contribution is 7.11. The van der Waals surface area contributed by atoms with E-state index < -0.39 is 5.60 Å². The largest absolute Gasteiger partial charge is 0.385 e. The van der Waals surface area contributed by atoms with E-state index in [-0.39, 0.29) is 0 Å². The van der Waals surface area contributed by atoms with Crippen molar-refractivity contribution < 1.29 is 5.11 Å². The molecule has 102 valence electrons. The van der Waals surface area contributed by atoms with E-state index in [9.17, 15) is 5.11 Å². The summed E-state index contributed by atoms with van der Waals surface area (Å²) in [5, 5.41) is 11.2. The summed E-state index contributed by atoms with van der Waals surface area (Å²) in [6.07, 6.45) is 3.94. The third-order valence-corrected chi connectivity index (χ3v) is 5.13. The molecule has 0 amide bonds.